The van der Waals surface area contributed by atoms with E-state index in [9.17, 15) is 9.59 Å². The summed E-state index contributed by atoms with van der Waals surface area (Å²) >= 11 is 0. The van der Waals surface area contributed by atoms with E-state index in [0.717, 1.165) is 6.42 Å². The zero-order chi connectivity index (χ0) is 21.8. The Bertz CT molecular complexity index is 983. The van der Waals surface area contributed by atoms with Gasteiger partial charge in [0.25, 0.3) is 0 Å². The van der Waals surface area contributed by atoms with Crippen LogP contribution in [0.5, 0.6) is 0 Å². The van der Waals surface area contributed by atoms with Crippen molar-refractivity contribution >= 4 is 12.2 Å². The molecule has 2 fully saturated rings. The molecule has 1 saturated carbocycles. The highest BCUT2D eigenvalue weighted by Gasteiger charge is 2.53. The molecule has 0 bridgehead atoms. The van der Waals surface area contributed by atoms with Crippen LogP contribution in [0.2, 0.25) is 0 Å². The van der Waals surface area contributed by atoms with Crippen molar-refractivity contribution in [1.29, 1.82) is 0 Å². The molecule has 0 radical (unpaired) electrons. The average molecular weight is 421 g/mol. The van der Waals surface area contributed by atoms with Crippen molar-refractivity contribution in [3.05, 3.63) is 59.7 Å². The van der Waals surface area contributed by atoms with Crippen molar-refractivity contribution in [3.63, 3.8) is 0 Å². The summed E-state index contributed by atoms with van der Waals surface area (Å²) in [6, 6.07) is 16.7. The molecule has 1 saturated heterocycles. The first-order valence-electron chi connectivity index (χ1n) is 10.9. The van der Waals surface area contributed by atoms with Crippen molar-refractivity contribution in [2.75, 3.05) is 19.7 Å². The van der Waals surface area contributed by atoms with Crippen LogP contribution in [-0.2, 0) is 9.47 Å². The molecular weight excluding hydrogens is 392 g/mol. The lowest BCUT2D eigenvalue weighted by Gasteiger charge is -2.34. The minimum atomic E-state index is -0.522. The third-order valence-corrected chi connectivity index (χ3v) is 6.31. The van der Waals surface area contributed by atoms with E-state index in [0.29, 0.717) is 19.7 Å². The maximum Gasteiger partial charge on any atom is 0.410 e. The summed E-state index contributed by atoms with van der Waals surface area (Å²) in [4.78, 5) is 28.8. The summed E-state index contributed by atoms with van der Waals surface area (Å²) in [5.41, 5.74) is 4.32. The topological polar surface area (TPSA) is 59.1 Å². The number of carbonyl (C=O) groups is 2. The van der Waals surface area contributed by atoms with Crippen LogP contribution in [0.1, 0.15) is 44.2 Å². The molecule has 2 aliphatic carbocycles. The fourth-order valence-corrected chi connectivity index (χ4v) is 4.84. The molecule has 0 unspecified atom stereocenters. The highest BCUT2D eigenvalue weighted by molar-refractivity contribution is 5.79. The predicted molar refractivity (Wildman–Crippen MR) is 117 cm³/mol. The van der Waals surface area contributed by atoms with E-state index >= 15 is 0 Å². The van der Waals surface area contributed by atoms with Crippen LogP contribution in [0.15, 0.2) is 48.5 Å². The molecule has 1 heterocycles. The lowest BCUT2D eigenvalue weighted by atomic mass is 9.98. The number of nitrogens with zero attached hydrogens (tertiary/aromatic N) is 2. The number of hydrogen-bond donors (Lipinski definition) is 0. The Morgan fingerprint density at radius 2 is 1.39 bits per heavy atom. The molecule has 31 heavy (non-hydrogen) atoms. The first-order valence-corrected chi connectivity index (χ1v) is 10.9. The zero-order valence-corrected chi connectivity index (χ0v) is 18.2. The molecule has 162 valence electrons. The van der Waals surface area contributed by atoms with Gasteiger partial charge >= 0.3 is 12.2 Å². The molecule has 2 aromatic carbocycles. The van der Waals surface area contributed by atoms with Crippen LogP contribution < -0.4 is 0 Å². The SMILES string of the molecule is CC(C)(C)OC(=O)N1CCN(C(=O)OCC2c3ccccc3-c3ccccc32)[C@@H]2C[C@@H]21. The van der Waals surface area contributed by atoms with Gasteiger partial charge in [0.15, 0.2) is 0 Å². The van der Waals surface area contributed by atoms with Crippen LogP contribution in [0.4, 0.5) is 9.59 Å². The molecule has 0 aromatic heterocycles. The van der Waals surface area contributed by atoms with E-state index in [2.05, 4.69) is 24.3 Å². The normalized spacial score (nSPS) is 21.8. The van der Waals surface area contributed by atoms with Gasteiger partial charge in [0.05, 0.1) is 12.1 Å². The van der Waals surface area contributed by atoms with Gasteiger partial charge in [-0.3, -0.25) is 0 Å². The first-order chi connectivity index (χ1) is 14.8. The van der Waals surface area contributed by atoms with Crippen LogP contribution >= 0.6 is 0 Å². The van der Waals surface area contributed by atoms with Gasteiger partial charge in [-0.1, -0.05) is 48.5 Å². The zero-order valence-electron chi connectivity index (χ0n) is 18.2. The number of benzene rings is 2. The van der Waals surface area contributed by atoms with E-state index in [-0.39, 0.29) is 30.2 Å². The lowest BCUT2D eigenvalue weighted by molar-refractivity contribution is 0.0115. The maximum absolute atomic E-state index is 12.9. The number of amides is 2. The van der Waals surface area contributed by atoms with Crippen LogP contribution in [0, 0.1) is 0 Å². The monoisotopic (exact) mass is 420 g/mol. The van der Waals surface area contributed by atoms with E-state index in [1.165, 1.54) is 22.3 Å². The van der Waals surface area contributed by atoms with Gasteiger partial charge in [-0.25, -0.2) is 9.59 Å². The fourth-order valence-electron chi connectivity index (χ4n) is 4.84. The summed E-state index contributed by atoms with van der Waals surface area (Å²) < 4.78 is 11.3. The van der Waals surface area contributed by atoms with E-state index < -0.39 is 5.60 Å². The molecular formula is C25H28N2O4. The van der Waals surface area contributed by atoms with Crippen molar-refractivity contribution in [3.8, 4) is 11.1 Å². The summed E-state index contributed by atoms with van der Waals surface area (Å²) in [6.45, 7) is 6.85. The number of carbonyl (C=O) groups excluding carboxylic acids is 2. The number of ether oxygens (including phenoxy) is 2. The third-order valence-electron chi connectivity index (χ3n) is 6.31. The molecule has 5 rings (SSSR count). The number of rotatable bonds is 2. The quantitative estimate of drug-likeness (QED) is 0.711. The Balaban J connectivity index is 1.23. The first kappa shape index (κ1) is 19.9. The van der Waals surface area contributed by atoms with Crippen LogP contribution in [0.25, 0.3) is 11.1 Å². The second-order valence-corrected chi connectivity index (χ2v) is 9.54. The third kappa shape index (κ3) is 3.64. The Hall–Kier alpha value is -3.02. The van der Waals surface area contributed by atoms with Crippen molar-refractivity contribution in [2.24, 2.45) is 0 Å². The molecule has 1 aliphatic heterocycles. The number of piperazine rings is 1. The van der Waals surface area contributed by atoms with Crippen molar-refractivity contribution in [1.82, 2.24) is 9.80 Å². The van der Waals surface area contributed by atoms with E-state index in [1.54, 1.807) is 9.80 Å². The standard InChI is InChI=1S/C25H28N2O4/c1-25(2,3)31-24(29)27-13-12-26(21-14-22(21)27)23(28)30-15-20-18-10-6-4-8-16(18)17-9-5-7-11-19(17)20/h4-11,20-22H,12-15H2,1-3H3/t21-,22+/m1/s1. The van der Waals surface area contributed by atoms with Gasteiger partial charge in [-0.05, 0) is 49.4 Å². The second-order valence-electron chi connectivity index (χ2n) is 9.54. The largest absolute Gasteiger partial charge is 0.448 e. The average Bonchev–Trinajstić information content (AvgIpc) is 3.47. The van der Waals surface area contributed by atoms with Crippen LogP contribution in [0.3, 0.4) is 0 Å². The van der Waals surface area contributed by atoms with Crippen molar-refractivity contribution in [2.45, 2.75) is 50.8 Å². The molecule has 0 spiro atoms. The van der Waals surface area contributed by atoms with E-state index in [1.807, 2.05) is 45.0 Å². The maximum atomic E-state index is 12.9. The van der Waals surface area contributed by atoms with Crippen molar-refractivity contribution < 1.29 is 19.1 Å². The summed E-state index contributed by atoms with van der Waals surface area (Å²) in [5.74, 6) is 0.0504. The van der Waals surface area contributed by atoms with Crippen LogP contribution in [-0.4, -0.2) is 59.4 Å². The van der Waals surface area contributed by atoms with Gasteiger partial charge < -0.3 is 19.3 Å². The summed E-state index contributed by atoms with van der Waals surface area (Å²) in [7, 11) is 0. The smallest absolute Gasteiger partial charge is 0.410 e. The predicted octanol–water partition coefficient (Wildman–Crippen LogP) is 4.63. The fraction of sp³-hybridized carbons (Fsp3) is 0.440. The molecule has 2 aromatic rings. The second kappa shape index (κ2) is 7.29. The highest BCUT2D eigenvalue weighted by atomic mass is 16.6. The van der Waals surface area contributed by atoms with Gasteiger partial charge in [0.2, 0.25) is 0 Å². The Morgan fingerprint density at radius 1 is 0.871 bits per heavy atom. The lowest BCUT2D eigenvalue weighted by Crippen LogP contribution is -2.51. The van der Waals surface area contributed by atoms with Gasteiger partial charge in [0, 0.05) is 19.0 Å². The molecule has 6 nitrogen and oxygen atoms in total. The molecule has 2 atom stereocenters. The van der Waals surface area contributed by atoms with E-state index in [4.69, 9.17) is 9.47 Å². The Labute approximate surface area is 182 Å². The molecule has 3 aliphatic rings. The number of hydrogen-bond acceptors (Lipinski definition) is 4. The minimum Gasteiger partial charge on any atom is -0.448 e. The summed E-state index contributed by atoms with van der Waals surface area (Å²) in [6.07, 6.45) is 0.189. The number of fused-ring (bicyclic) bond motifs is 4. The molecule has 2 amide bonds. The minimum absolute atomic E-state index is 0.0249. The molecule has 0 N–H and O–H groups in total. The Kier molecular flexibility index (Phi) is 4.68. The summed E-state index contributed by atoms with van der Waals surface area (Å²) in [5, 5.41) is 0. The van der Waals surface area contributed by atoms with Gasteiger partial charge in [0.1, 0.15) is 12.2 Å². The van der Waals surface area contributed by atoms with Gasteiger partial charge in [-0.2, -0.15) is 0 Å². The Morgan fingerprint density at radius 3 is 1.94 bits per heavy atom. The highest BCUT2D eigenvalue weighted by Crippen LogP contribution is 2.45. The van der Waals surface area contributed by atoms with Gasteiger partial charge in [-0.15, -0.1) is 0 Å². The molecule has 6 heteroatoms.